The van der Waals surface area contributed by atoms with Crippen LogP contribution in [-0.4, -0.2) is 54.5 Å². The van der Waals surface area contributed by atoms with Crippen LogP contribution in [0.3, 0.4) is 0 Å². The Kier molecular flexibility index (Phi) is 9.44. The normalized spacial score (nSPS) is 17.1. The fourth-order valence-electron chi connectivity index (χ4n) is 4.36. The Balaban J connectivity index is 1.23. The van der Waals surface area contributed by atoms with E-state index in [1.807, 2.05) is 30.3 Å². The molecule has 0 aliphatic heterocycles. The summed E-state index contributed by atoms with van der Waals surface area (Å²) in [4.78, 5) is 21.5. The van der Waals surface area contributed by atoms with E-state index in [1.54, 1.807) is 26.6 Å². The number of amides is 1. The minimum absolute atomic E-state index is 0.00367. The SMILES string of the molecule is COc1ccc(-c2cnc(SCC(=O)NC3CCCC3NCCc3ccc(Cl)cc3)nc2)cc1OC. The highest BCUT2D eigenvalue weighted by Gasteiger charge is 2.28. The maximum atomic E-state index is 12.6. The highest BCUT2D eigenvalue weighted by Crippen LogP contribution is 2.32. The standard InChI is InChI=1S/C27H31ClN4O3S/c1-34-24-11-8-19(14-25(24)35-2)20-15-30-27(31-16-20)36-17-26(33)32-23-5-3-4-22(23)29-13-12-18-6-9-21(28)10-7-18/h6-11,14-16,22-23,29H,3-5,12-13,17H2,1-2H3,(H,32,33). The van der Waals surface area contributed by atoms with Crippen molar-refractivity contribution in [3.63, 3.8) is 0 Å². The summed E-state index contributed by atoms with van der Waals surface area (Å²) in [5, 5.41) is 8.13. The lowest BCUT2D eigenvalue weighted by Gasteiger charge is -2.22. The third kappa shape index (κ3) is 7.12. The molecule has 190 valence electrons. The second kappa shape index (κ2) is 12.9. The van der Waals surface area contributed by atoms with Crippen LogP contribution in [0, 0.1) is 0 Å². The van der Waals surface area contributed by atoms with E-state index in [9.17, 15) is 4.79 Å². The number of halogens is 1. The van der Waals surface area contributed by atoms with Gasteiger partial charge in [-0.15, -0.1) is 0 Å². The fourth-order valence-corrected chi connectivity index (χ4v) is 5.09. The van der Waals surface area contributed by atoms with Gasteiger partial charge in [0.05, 0.1) is 20.0 Å². The van der Waals surface area contributed by atoms with Crippen molar-refractivity contribution in [1.29, 1.82) is 0 Å². The zero-order valence-electron chi connectivity index (χ0n) is 20.5. The summed E-state index contributed by atoms with van der Waals surface area (Å²) in [6.45, 7) is 0.869. The maximum absolute atomic E-state index is 12.6. The van der Waals surface area contributed by atoms with Crippen LogP contribution >= 0.6 is 23.4 Å². The number of thioether (sulfide) groups is 1. The van der Waals surface area contributed by atoms with Gasteiger partial charge in [-0.05, 0) is 67.6 Å². The molecule has 0 bridgehead atoms. The summed E-state index contributed by atoms with van der Waals surface area (Å²) in [5.41, 5.74) is 3.04. The number of methoxy groups -OCH3 is 2. The number of aromatic nitrogens is 2. The van der Waals surface area contributed by atoms with Gasteiger partial charge in [0.1, 0.15) is 0 Å². The van der Waals surface area contributed by atoms with Crippen molar-refractivity contribution in [2.24, 2.45) is 0 Å². The molecule has 2 unspecified atom stereocenters. The molecule has 1 aliphatic rings. The lowest BCUT2D eigenvalue weighted by molar-refractivity contribution is -0.119. The first-order valence-electron chi connectivity index (χ1n) is 12.0. The van der Waals surface area contributed by atoms with Gasteiger partial charge in [0.25, 0.3) is 0 Å². The number of nitrogens with one attached hydrogen (secondary N) is 2. The van der Waals surface area contributed by atoms with Gasteiger partial charge in [-0.3, -0.25) is 4.79 Å². The minimum Gasteiger partial charge on any atom is -0.493 e. The van der Waals surface area contributed by atoms with Crippen LogP contribution in [0.1, 0.15) is 24.8 Å². The Labute approximate surface area is 221 Å². The molecule has 0 spiro atoms. The third-order valence-corrected chi connectivity index (χ3v) is 7.40. The van der Waals surface area contributed by atoms with Crippen LogP contribution < -0.4 is 20.1 Å². The van der Waals surface area contributed by atoms with Crippen molar-refractivity contribution < 1.29 is 14.3 Å². The number of rotatable bonds is 11. The smallest absolute Gasteiger partial charge is 0.230 e. The van der Waals surface area contributed by atoms with E-state index in [0.717, 1.165) is 48.4 Å². The summed E-state index contributed by atoms with van der Waals surface area (Å²) >= 11 is 7.30. The molecule has 1 fully saturated rings. The topological polar surface area (TPSA) is 85.4 Å². The highest BCUT2D eigenvalue weighted by atomic mass is 35.5. The molecule has 1 amide bonds. The number of benzene rings is 2. The first kappa shape index (κ1) is 26.3. The first-order chi connectivity index (χ1) is 17.6. The van der Waals surface area contributed by atoms with Crippen molar-refractivity contribution in [1.82, 2.24) is 20.6 Å². The predicted molar refractivity (Wildman–Crippen MR) is 144 cm³/mol. The number of ether oxygens (including phenoxy) is 2. The van der Waals surface area contributed by atoms with Crippen molar-refractivity contribution in [2.75, 3.05) is 26.5 Å². The van der Waals surface area contributed by atoms with Gasteiger partial charge in [-0.1, -0.05) is 41.6 Å². The van der Waals surface area contributed by atoms with Gasteiger partial charge in [0.2, 0.25) is 5.91 Å². The van der Waals surface area contributed by atoms with E-state index in [-0.39, 0.29) is 17.7 Å². The molecule has 1 heterocycles. The molecule has 1 aromatic heterocycles. The molecule has 1 aliphatic carbocycles. The lowest BCUT2D eigenvalue weighted by atomic mass is 10.1. The van der Waals surface area contributed by atoms with Crippen LogP contribution in [0.5, 0.6) is 11.5 Å². The van der Waals surface area contributed by atoms with Gasteiger partial charge >= 0.3 is 0 Å². The van der Waals surface area contributed by atoms with Crippen LogP contribution in [-0.2, 0) is 11.2 Å². The van der Waals surface area contributed by atoms with E-state index >= 15 is 0 Å². The molecule has 0 radical (unpaired) electrons. The van der Waals surface area contributed by atoms with Crippen molar-refractivity contribution in [3.05, 3.63) is 65.4 Å². The summed E-state index contributed by atoms with van der Waals surface area (Å²) in [6, 6.07) is 14.1. The number of carbonyl (C=O) groups is 1. The van der Waals surface area contributed by atoms with Crippen LogP contribution in [0.2, 0.25) is 5.02 Å². The van der Waals surface area contributed by atoms with Crippen LogP contribution in [0.25, 0.3) is 11.1 Å². The molecule has 1 saturated carbocycles. The number of hydrogen-bond acceptors (Lipinski definition) is 7. The Morgan fingerprint density at radius 3 is 2.44 bits per heavy atom. The van der Waals surface area contributed by atoms with Crippen LogP contribution in [0.15, 0.2) is 60.0 Å². The molecular weight excluding hydrogens is 496 g/mol. The fraction of sp³-hybridized carbons (Fsp3) is 0.370. The Morgan fingerprint density at radius 1 is 1.00 bits per heavy atom. The summed E-state index contributed by atoms with van der Waals surface area (Å²) < 4.78 is 10.7. The van der Waals surface area contributed by atoms with Crippen molar-refractivity contribution >= 4 is 29.3 Å². The number of carbonyl (C=O) groups excluding carboxylic acids is 1. The van der Waals surface area contributed by atoms with E-state index < -0.39 is 0 Å². The third-order valence-electron chi connectivity index (χ3n) is 6.27. The first-order valence-corrected chi connectivity index (χ1v) is 13.4. The second-order valence-electron chi connectivity index (χ2n) is 8.65. The second-order valence-corrected chi connectivity index (χ2v) is 10.0. The minimum atomic E-state index is 0.00367. The Morgan fingerprint density at radius 2 is 1.72 bits per heavy atom. The molecule has 36 heavy (non-hydrogen) atoms. The zero-order valence-corrected chi connectivity index (χ0v) is 22.1. The van der Waals surface area contributed by atoms with Crippen molar-refractivity contribution in [2.45, 2.75) is 42.9 Å². The molecule has 2 atom stereocenters. The molecule has 2 N–H and O–H groups in total. The van der Waals surface area contributed by atoms with Crippen molar-refractivity contribution in [3.8, 4) is 22.6 Å². The molecule has 7 nitrogen and oxygen atoms in total. The van der Waals surface area contributed by atoms with E-state index in [0.29, 0.717) is 22.7 Å². The maximum Gasteiger partial charge on any atom is 0.230 e. The molecule has 9 heteroatoms. The molecule has 0 saturated heterocycles. The van der Waals surface area contributed by atoms with E-state index in [2.05, 4.69) is 32.7 Å². The average molecular weight is 527 g/mol. The summed E-state index contributed by atoms with van der Waals surface area (Å²) in [6.07, 6.45) is 7.61. The number of nitrogens with zero attached hydrogens (tertiary/aromatic N) is 2. The quantitative estimate of drug-likeness (QED) is 0.275. The molecular formula is C27H31ClN4O3S. The summed E-state index contributed by atoms with van der Waals surface area (Å²) in [7, 11) is 3.21. The monoisotopic (exact) mass is 526 g/mol. The van der Waals surface area contributed by atoms with E-state index in [1.165, 1.54) is 17.3 Å². The van der Waals surface area contributed by atoms with Gasteiger partial charge in [-0.2, -0.15) is 0 Å². The van der Waals surface area contributed by atoms with Gasteiger partial charge < -0.3 is 20.1 Å². The largest absolute Gasteiger partial charge is 0.493 e. The van der Waals surface area contributed by atoms with Gasteiger partial charge in [-0.25, -0.2) is 9.97 Å². The predicted octanol–water partition coefficient (Wildman–Crippen LogP) is 4.78. The Bertz CT molecular complexity index is 1140. The van der Waals surface area contributed by atoms with Crippen LogP contribution in [0.4, 0.5) is 0 Å². The average Bonchev–Trinajstić information content (AvgIpc) is 3.35. The molecule has 3 aromatic rings. The number of hydrogen-bond donors (Lipinski definition) is 2. The van der Waals surface area contributed by atoms with E-state index in [4.69, 9.17) is 21.1 Å². The van der Waals surface area contributed by atoms with Gasteiger partial charge in [0, 0.05) is 35.1 Å². The highest BCUT2D eigenvalue weighted by molar-refractivity contribution is 7.99. The zero-order chi connectivity index (χ0) is 25.3. The van der Waals surface area contributed by atoms with Gasteiger partial charge in [0.15, 0.2) is 16.7 Å². The lowest BCUT2D eigenvalue weighted by Crippen LogP contribution is -2.47. The Hall–Kier alpha value is -2.81. The molecule has 2 aromatic carbocycles. The summed E-state index contributed by atoms with van der Waals surface area (Å²) in [5.74, 6) is 1.60. The molecule has 4 rings (SSSR count).